The number of carbonyl (C=O) groups is 2. The van der Waals surface area contributed by atoms with Gasteiger partial charge >= 0.3 is 6.18 Å². The third-order valence-electron chi connectivity index (χ3n) is 3.82. The Balaban J connectivity index is 2.20. The molecule has 0 aliphatic carbocycles. The first-order chi connectivity index (χ1) is 12.1. The number of alkyl halides is 3. The number of hydrogen-bond acceptors (Lipinski definition) is 2. The molecule has 26 heavy (non-hydrogen) atoms. The van der Waals surface area contributed by atoms with Gasteiger partial charge in [0.05, 0.1) is 5.56 Å². The summed E-state index contributed by atoms with van der Waals surface area (Å²) in [4.78, 5) is 25.2. The lowest BCUT2D eigenvalue weighted by Crippen LogP contribution is -2.36. The summed E-state index contributed by atoms with van der Waals surface area (Å²) < 4.78 is 38.6. The molecule has 0 aliphatic rings. The second kappa shape index (κ2) is 7.59. The molecule has 0 atom stereocenters. The Hall–Kier alpha value is -2.83. The molecule has 0 aromatic heterocycles. The van der Waals surface area contributed by atoms with Gasteiger partial charge in [0.25, 0.3) is 0 Å². The number of anilines is 2. The minimum Gasteiger partial charge on any atom is -0.324 e. The number of aryl methyl sites for hydroxylation is 2. The number of nitrogens with one attached hydrogen (secondary N) is 1. The smallest absolute Gasteiger partial charge is 0.324 e. The summed E-state index contributed by atoms with van der Waals surface area (Å²) in [5.74, 6) is -1.02. The number of halogens is 3. The Kier molecular flexibility index (Phi) is 5.69. The zero-order chi connectivity index (χ0) is 19.5. The summed E-state index contributed by atoms with van der Waals surface area (Å²) in [5, 5.41) is 2.68. The maximum Gasteiger partial charge on any atom is 0.416 e. The second-order valence-corrected chi connectivity index (χ2v) is 6.02. The molecule has 2 aromatic rings. The highest BCUT2D eigenvalue weighted by Gasteiger charge is 2.31. The van der Waals surface area contributed by atoms with Crippen LogP contribution < -0.4 is 10.2 Å². The van der Waals surface area contributed by atoms with Crippen LogP contribution in [0.1, 0.15) is 23.6 Å². The van der Waals surface area contributed by atoms with Crippen molar-refractivity contribution in [3.05, 3.63) is 59.2 Å². The summed E-state index contributed by atoms with van der Waals surface area (Å²) in [6.45, 7) is 4.57. The standard InChI is InChI=1S/C19H19F3N2O2/c1-12-7-8-17(13(2)9-12)23-18(26)11-24(14(3)25)16-6-4-5-15(10-16)19(20,21)22/h4-10H,11H2,1-3H3,(H,23,26). The number of hydrogen-bond donors (Lipinski definition) is 1. The summed E-state index contributed by atoms with van der Waals surface area (Å²) in [7, 11) is 0. The molecule has 2 aromatic carbocycles. The van der Waals surface area contributed by atoms with E-state index in [4.69, 9.17) is 0 Å². The van der Waals surface area contributed by atoms with Crippen LogP contribution in [0.5, 0.6) is 0 Å². The average Bonchev–Trinajstić information content (AvgIpc) is 2.54. The van der Waals surface area contributed by atoms with Gasteiger partial charge in [-0.1, -0.05) is 23.8 Å². The number of amides is 2. The molecule has 0 bridgehead atoms. The van der Waals surface area contributed by atoms with Gasteiger partial charge in [-0.15, -0.1) is 0 Å². The van der Waals surface area contributed by atoms with Crippen molar-refractivity contribution in [1.29, 1.82) is 0 Å². The third-order valence-corrected chi connectivity index (χ3v) is 3.82. The lowest BCUT2D eigenvalue weighted by atomic mass is 10.1. The molecule has 0 saturated carbocycles. The Bertz CT molecular complexity index is 832. The van der Waals surface area contributed by atoms with E-state index < -0.39 is 23.6 Å². The predicted octanol–water partition coefficient (Wildman–Crippen LogP) is 4.31. The highest BCUT2D eigenvalue weighted by Crippen LogP contribution is 2.31. The molecule has 0 radical (unpaired) electrons. The second-order valence-electron chi connectivity index (χ2n) is 6.02. The lowest BCUT2D eigenvalue weighted by Gasteiger charge is -2.22. The van der Waals surface area contributed by atoms with Crippen LogP contribution in [0, 0.1) is 13.8 Å². The van der Waals surface area contributed by atoms with E-state index in [9.17, 15) is 22.8 Å². The number of benzene rings is 2. The minimum absolute atomic E-state index is 0.0168. The number of rotatable bonds is 4. The largest absolute Gasteiger partial charge is 0.416 e. The van der Waals surface area contributed by atoms with Crippen molar-refractivity contribution in [3.8, 4) is 0 Å². The van der Waals surface area contributed by atoms with E-state index in [1.807, 2.05) is 26.0 Å². The van der Waals surface area contributed by atoms with Crippen LogP contribution >= 0.6 is 0 Å². The molecule has 0 fully saturated rings. The Labute approximate surface area is 149 Å². The predicted molar refractivity (Wildman–Crippen MR) is 94.0 cm³/mol. The third kappa shape index (κ3) is 4.84. The van der Waals surface area contributed by atoms with Gasteiger partial charge in [0.2, 0.25) is 11.8 Å². The quantitative estimate of drug-likeness (QED) is 0.879. The average molecular weight is 364 g/mol. The van der Waals surface area contributed by atoms with Gasteiger partial charge in [0.1, 0.15) is 6.54 Å². The molecule has 7 heteroatoms. The van der Waals surface area contributed by atoms with Crippen LogP contribution in [0.25, 0.3) is 0 Å². The van der Waals surface area contributed by atoms with Crippen molar-refractivity contribution in [2.24, 2.45) is 0 Å². The summed E-state index contributed by atoms with van der Waals surface area (Å²) in [6, 6.07) is 9.80. The first-order valence-electron chi connectivity index (χ1n) is 7.90. The Morgan fingerprint density at radius 3 is 2.35 bits per heavy atom. The van der Waals surface area contributed by atoms with Gasteiger partial charge in [0.15, 0.2) is 0 Å². The molecule has 0 spiro atoms. The SMILES string of the molecule is CC(=O)N(CC(=O)Nc1ccc(C)cc1C)c1cccc(C(F)(F)F)c1. The van der Waals surface area contributed by atoms with E-state index in [-0.39, 0.29) is 12.2 Å². The van der Waals surface area contributed by atoms with E-state index >= 15 is 0 Å². The fraction of sp³-hybridized carbons (Fsp3) is 0.263. The molecule has 2 rings (SSSR count). The van der Waals surface area contributed by atoms with E-state index in [0.29, 0.717) is 5.69 Å². The van der Waals surface area contributed by atoms with Crippen LogP contribution in [0.4, 0.5) is 24.5 Å². The first-order valence-corrected chi connectivity index (χ1v) is 7.90. The fourth-order valence-corrected chi connectivity index (χ4v) is 2.52. The zero-order valence-corrected chi connectivity index (χ0v) is 14.6. The van der Waals surface area contributed by atoms with Crippen molar-refractivity contribution in [1.82, 2.24) is 0 Å². The van der Waals surface area contributed by atoms with E-state index in [0.717, 1.165) is 28.2 Å². The Morgan fingerprint density at radius 2 is 1.77 bits per heavy atom. The van der Waals surface area contributed by atoms with Crippen LogP contribution in [0.15, 0.2) is 42.5 Å². The normalized spacial score (nSPS) is 11.2. The maximum absolute atomic E-state index is 12.9. The molecule has 2 amide bonds. The summed E-state index contributed by atoms with van der Waals surface area (Å²) in [5.41, 5.74) is 1.62. The number of carbonyl (C=O) groups excluding carboxylic acids is 2. The van der Waals surface area contributed by atoms with Crippen molar-refractivity contribution in [3.63, 3.8) is 0 Å². The van der Waals surface area contributed by atoms with Gasteiger partial charge < -0.3 is 10.2 Å². The first kappa shape index (κ1) is 19.5. The summed E-state index contributed by atoms with van der Waals surface area (Å²) in [6.07, 6.45) is -4.53. The molecule has 1 N–H and O–H groups in total. The zero-order valence-electron chi connectivity index (χ0n) is 14.6. The van der Waals surface area contributed by atoms with Crippen molar-refractivity contribution >= 4 is 23.2 Å². The molecule has 0 saturated heterocycles. The maximum atomic E-state index is 12.9. The molecule has 0 aliphatic heterocycles. The van der Waals surface area contributed by atoms with E-state index in [1.165, 1.54) is 19.1 Å². The van der Waals surface area contributed by atoms with Crippen LogP contribution in [-0.2, 0) is 15.8 Å². The summed E-state index contributed by atoms with van der Waals surface area (Å²) >= 11 is 0. The monoisotopic (exact) mass is 364 g/mol. The molecule has 0 heterocycles. The van der Waals surface area contributed by atoms with Gasteiger partial charge in [-0.05, 0) is 43.7 Å². The van der Waals surface area contributed by atoms with Gasteiger partial charge in [0, 0.05) is 18.3 Å². The van der Waals surface area contributed by atoms with Crippen LogP contribution in [0.2, 0.25) is 0 Å². The minimum atomic E-state index is -4.53. The fourth-order valence-electron chi connectivity index (χ4n) is 2.52. The van der Waals surface area contributed by atoms with E-state index in [2.05, 4.69) is 5.32 Å². The van der Waals surface area contributed by atoms with Crippen molar-refractivity contribution < 1.29 is 22.8 Å². The highest BCUT2D eigenvalue weighted by atomic mass is 19.4. The highest BCUT2D eigenvalue weighted by molar-refractivity contribution is 6.02. The molecule has 4 nitrogen and oxygen atoms in total. The topological polar surface area (TPSA) is 49.4 Å². The van der Waals surface area contributed by atoms with Gasteiger partial charge in [-0.3, -0.25) is 9.59 Å². The van der Waals surface area contributed by atoms with Crippen molar-refractivity contribution in [2.75, 3.05) is 16.8 Å². The van der Waals surface area contributed by atoms with Crippen LogP contribution in [0.3, 0.4) is 0 Å². The molecule has 0 unspecified atom stereocenters. The molecular formula is C19H19F3N2O2. The van der Waals surface area contributed by atoms with Gasteiger partial charge in [-0.25, -0.2) is 0 Å². The Morgan fingerprint density at radius 1 is 1.08 bits per heavy atom. The lowest BCUT2D eigenvalue weighted by molar-refractivity contribution is -0.137. The van der Waals surface area contributed by atoms with Crippen molar-refractivity contribution in [2.45, 2.75) is 26.9 Å². The molecular weight excluding hydrogens is 345 g/mol. The van der Waals surface area contributed by atoms with E-state index in [1.54, 1.807) is 6.07 Å². The molecule has 138 valence electrons. The van der Waals surface area contributed by atoms with Gasteiger partial charge in [-0.2, -0.15) is 13.2 Å². The van der Waals surface area contributed by atoms with Crippen LogP contribution in [-0.4, -0.2) is 18.4 Å². The number of nitrogens with zero attached hydrogens (tertiary/aromatic N) is 1.